The predicted octanol–water partition coefficient (Wildman–Crippen LogP) is 2.77. The summed E-state index contributed by atoms with van der Waals surface area (Å²) >= 11 is 0. The molecule has 0 aromatic carbocycles. The molecule has 0 aliphatic heterocycles. The molecule has 0 amide bonds. The van der Waals surface area contributed by atoms with Gasteiger partial charge in [0.25, 0.3) is 0 Å². The first-order valence-electron chi connectivity index (χ1n) is 10.1. The highest BCUT2D eigenvalue weighted by Crippen LogP contribution is 2.68. The smallest absolute Gasteiger partial charge is 0.155 e. The highest BCUT2D eigenvalue weighted by molar-refractivity contribution is 5.91. The van der Waals surface area contributed by atoms with Crippen LogP contribution in [0.25, 0.3) is 0 Å². The Morgan fingerprint density at radius 3 is 2.69 bits per heavy atom. The van der Waals surface area contributed by atoms with Crippen LogP contribution >= 0.6 is 0 Å². The summed E-state index contributed by atoms with van der Waals surface area (Å²) in [6.45, 7) is 8.06. The molecular formula is C22H32O4. The molecule has 3 saturated carbocycles. The quantitative estimate of drug-likeness (QED) is 0.662. The number of rotatable bonds is 2. The Hall–Kier alpha value is -0.970. The molecule has 4 nitrogen and oxygen atoms in total. The average Bonchev–Trinajstić information content (AvgIpc) is 2.86. The first-order valence-corrected chi connectivity index (χ1v) is 10.1. The maximum absolute atomic E-state index is 11.9. The van der Waals surface area contributed by atoms with Gasteiger partial charge in [0, 0.05) is 11.8 Å². The summed E-state index contributed by atoms with van der Waals surface area (Å²) in [5.41, 5.74) is 0.0596. The van der Waals surface area contributed by atoms with Crippen LogP contribution in [0.3, 0.4) is 0 Å². The molecule has 0 radical (unpaired) electrons. The molecule has 26 heavy (non-hydrogen) atoms. The van der Waals surface area contributed by atoms with E-state index in [1.807, 2.05) is 6.08 Å². The molecule has 0 spiro atoms. The number of carbonyl (C=O) groups excluding carboxylic acids is 1. The van der Waals surface area contributed by atoms with Gasteiger partial charge in [-0.1, -0.05) is 26.0 Å². The van der Waals surface area contributed by atoms with Crippen molar-refractivity contribution >= 4 is 5.78 Å². The van der Waals surface area contributed by atoms with Gasteiger partial charge in [-0.25, -0.2) is 0 Å². The van der Waals surface area contributed by atoms with Crippen LogP contribution in [0, 0.1) is 28.6 Å². The fraction of sp³-hybridized carbons (Fsp3) is 0.773. The van der Waals surface area contributed by atoms with Gasteiger partial charge in [-0.3, -0.25) is 4.79 Å². The van der Waals surface area contributed by atoms with E-state index < -0.39 is 17.1 Å². The number of carbonyl (C=O) groups is 1. The van der Waals surface area contributed by atoms with Crippen molar-refractivity contribution in [3.63, 3.8) is 0 Å². The van der Waals surface area contributed by atoms with Gasteiger partial charge in [-0.2, -0.15) is 0 Å². The monoisotopic (exact) mass is 360 g/mol. The Morgan fingerprint density at radius 2 is 2.00 bits per heavy atom. The highest BCUT2D eigenvalue weighted by atomic mass is 16.3. The SMILES string of the molecule is C=C(CO)[C@@]1(O)CC[C@H]2[C@@H]3CCC4=CC(=O)CC[C@]4(C)[C@H]3[C@@H](O)C[C@@]21C. The van der Waals surface area contributed by atoms with Crippen molar-refractivity contribution in [1.82, 2.24) is 0 Å². The van der Waals surface area contributed by atoms with Crippen LogP contribution < -0.4 is 0 Å². The molecule has 0 aromatic heterocycles. The van der Waals surface area contributed by atoms with Gasteiger partial charge in [0.05, 0.1) is 18.3 Å². The van der Waals surface area contributed by atoms with Crippen molar-refractivity contribution in [3.8, 4) is 0 Å². The van der Waals surface area contributed by atoms with Gasteiger partial charge in [0.15, 0.2) is 5.78 Å². The molecule has 144 valence electrons. The van der Waals surface area contributed by atoms with E-state index in [1.54, 1.807) is 0 Å². The van der Waals surface area contributed by atoms with Crippen molar-refractivity contribution in [2.75, 3.05) is 6.61 Å². The Kier molecular flexibility index (Phi) is 4.08. The molecule has 3 N–H and O–H groups in total. The number of allylic oxidation sites excluding steroid dienone is 1. The van der Waals surface area contributed by atoms with Crippen molar-refractivity contribution in [1.29, 1.82) is 0 Å². The Labute approximate surface area is 156 Å². The summed E-state index contributed by atoms with van der Waals surface area (Å²) in [4.78, 5) is 11.9. The van der Waals surface area contributed by atoms with Crippen LogP contribution in [-0.2, 0) is 4.79 Å². The van der Waals surface area contributed by atoms with Crippen molar-refractivity contribution in [2.24, 2.45) is 28.6 Å². The van der Waals surface area contributed by atoms with Crippen LogP contribution in [-0.4, -0.2) is 39.4 Å². The predicted molar refractivity (Wildman–Crippen MR) is 99.3 cm³/mol. The lowest BCUT2D eigenvalue weighted by molar-refractivity contribution is -0.162. The zero-order valence-corrected chi connectivity index (χ0v) is 16.0. The maximum atomic E-state index is 11.9. The average molecular weight is 360 g/mol. The second-order valence-corrected chi connectivity index (χ2v) is 9.74. The van der Waals surface area contributed by atoms with Gasteiger partial charge in [0.1, 0.15) is 0 Å². The number of hydrogen-bond acceptors (Lipinski definition) is 4. The van der Waals surface area contributed by atoms with Gasteiger partial charge < -0.3 is 15.3 Å². The fourth-order valence-electron chi connectivity index (χ4n) is 7.40. The third-order valence-electron chi connectivity index (χ3n) is 8.82. The van der Waals surface area contributed by atoms with Gasteiger partial charge in [-0.05, 0) is 73.3 Å². The third kappa shape index (κ3) is 2.15. The minimum atomic E-state index is -1.10. The maximum Gasteiger partial charge on any atom is 0.155 e. The van der Waals surface area contributed by atoms with E-state index in [2.05, 4.69) is 20.4 Å². The summed E-state index contributed by atoms with van der Waals surface area (Å²) < 4.78 is 0. The van der Waals surface area contributed by atoms with Crippen LogP contribution in [0.2, 0.25) is 0 Å². The summed E-state index contributed by atoms with van der Waals surface area (Å²) in [6.07, 6.45) is 6.69. The number of aliphatic hydroxyl groups is 3. The minimum Gasteiger partial charge on any atom is -0.393 e. The van der Waals surface area contributed by atoms with Crippen molar-refractivity contribution in [2.45, 2.75) is 70.5 Å². The van der Waals surface area contributed by atoms with Gasteiger partial charge in [0.2, 0.25) is 0 Å². The standard InChI is InChI=1S/C22H32O4/c1-13(12-23)22(26)9-7-17-16-5-4-14-10-15(24)6-8-20(14,2)19(16)18(25)11-21(17,22)3/h10,16-19,23,25-26H,1,4-9,11-12H2,2-3H3/t16-,17-,18-,19+,20-,21-,22-/m0/s1. The normalized spacial score (nSPS) is 50.5. The lowest BCUT2D eigenvalue weighted by atomic mass is 9.45. The topological polar surface area (TPSA) is 77.8 Å². The van der Waals surface area contributed by atoms with Gasteiger partial charge in [-0.15, -0.1) is 0 Å². The van der Waals surface area contributed by atoms with Crippen molar-refractivity contribution in [3.05, 3.63) is 23.8 Å². The van der Waals surface area contributed by atoms with Gasteiger partial charge >= 0.3 is 0 Å². The zero-order valence-electron chi connectivity index (χ0n) is 16.0. The third-order valence-corrected chi connectivity index (χ3v) is 8.82. The Balaban J connectivity index is 1.74. The number of hydrogen-bond donors (Lipinski definition) is 3. The molecule has 7 atom stereocenters. The van der Waals surface area contributed by atoms with Crippen LogP contribution in [0.15, 0.2) is 23.8 Å². The molecule has 0 saturated heterocycles. The molecule has 3 fully saturated rings. The molecule has 4 aliphatic carbocycles. The number of fused-ring (bicyclic) bond motifs is 5. The molecule has 4 rings (SSSR count). The molecule has 0 heterocycles. The van der Waals surface area contributed by atoms with Crippen LogP contribution in [0.1, 0.15) is 58.8 Å². The molecular weight excluding hydrogens is 328 g/mol. The molecule has 0 unspecified atom stereocenters. The van der Waals surface area contributed by atoms with E-state index in [0.29, 0.717) is 36.7 Å². The number of aliphatic hydroxyl groups excluding tert-OH is 2. The zero-order chi connectivity index (χ0) is 18.9. The minimum absolute atomic E-state index is 0.105. The molecule has 0 aromatic rings. The second kappa shape index (κ2) is 5.76. The van der Waals surface area contributed by atoms with E-state index in [0.717, 1.165) is 25.7 Å². The van der Waals surface area contributed by atoms with E-state index in [1.165, 1.54) is 5.57 Å². The number of ketones is 1. The van der Waals surface area contributed by atoms with Crippen molar-refractivity contribution < 1.29 is 20.1 Å². The van der Waals surface area contributed by atoms with Crippen LogP contribution in [0.4, 0.5) is 0 Å². The molecule has 0 bridgehead atoms. The molecule has 4 aliphatic rings. The highest BCUT2D eigenvalue weighted by Gasteiger charge is 2.66. The Morgan fingerprint density at radius 1 is 1.27 bits per heavy atom. The second-order valence-electron chi connectivity index (χ2n) is 9.74. The lowest BCUT2D eigenvalue weighted by Crippen LogP contribution is -2.60. The fourth-order valence-corrected chi connectivity index (χ4v) is 7.40. The Bertz CT molecular complexity index is 682. The summed E-state index contributed by atoms with van der Waals surface area (Å²) in [5.74, 6) is 1.04. The van der Waals surface area contributed by atoms with Crippen LogP contribution in [0.5, 0.6) is 0 Å². The summed E-state index contributed by atoms with van der Waals surface area (Å²) in [7, 11) is 0. The first-order chi connectivity index (χ1) is 12.2. The first kappa shape index (κ1) is 18.4. The lowest BCUT2D eigenvalue weighted by Gasteiger charge is -2.61. The molecule has 4 heteroatoms. The van der Waals surface area contributed by atoms with E-state index >= 15 is 0 Å². The van der Waals surface area contributed by atoms with E-state index in [9.17, 15) is 20.1 Å². The van der Waals surface area contributed by atoms with E-state index in [4.69, 9.17) is 0 Å². The largest absolute Gasteiger partial charge is 0.393 e. The van der Waals surface area contributed by atoms with E-state index in [-0.39, 0.29) is 23.7 Å². The summed E-state index contributed by atoms with van der Waals surface area (Å²) in [5, 5.41) is 32.3. The summed E-state index contributed by atoms with van der Waals surface area (Å²) in [6, 6.07) is 0.